The molecule has 1 aromatic heterocycles. The van der Waals surface area contributed by atoms with Gasteiger partial charge in [-0.3, -0.25) is 14.4 Å². The van der Waals surface area contributed by atoms with Gasteiger partial charge in [0, 0.05) is 31.0 Å². The van der Waals surface area contributed by atoms with Crippen LogP contribution in [0.2, 0.25) is 0 Å². The lowest BCUT2D eigenvalue weighted by Gasteiger charge is -2.30. The van der Waals surface area contributed by atoms with Crippen LogP contribution in [0.1, 0.15) is 46.8 Å². The number of benzene rings is 2. The van der Waals surface area contributed by atoms with E-state index in [9.17, 15) is 4.79 Å². The Labute approximate surface area is 178 Å². The molecule has 2 aromatic carbocycles. The van der Waals surface area contributed by atoms with Crippen LogP contribution in [-0.2, 0) is 19.6 Å². The maximum atomic E-state index is 12.5. The molecule has 1 saturated heterocycles. The van der Waals surface area contributed by atoms with E-state index in [0.717, 1.165) is 23.6 Å². The summed E-state index contributed by atoms with van der Waals surface area (Å²) in [7, 11) is 0. The molecule has 0 aliphatic carbocycles. The average Bonchev–Trinajstić information content (AvgIpc) is 3.28. The summed E-state index contributed by atoms with van der Waals surface area (Å²) in [5.41, 5.74) is 4.26. The number of amides is 1. The minimum absolute atomic E-state index is 0.0489. The highest BCUT2D eigenvalue weighted by atomic mass is 16.1. The van der Waals surface area contributed by atoms with E-state index in [1.807, 2.05) is 41.2 Å². The molecule has 0 saturated carbocycles. The molecule has 156 valence electrons. The second kappa shape index (κ2) is 9.72. The number of nitrogens with one attached hydrogen (secondary N) is 1. The van der Waals surface area contributed by atoms with Crippen LogP contribution >= 0.6 is 0 Å². The molecule has 1 N–H and O–H groups in total. The Bertz CT molecular complexity index is 924. The van der Waals surface area contributed by atoms with Gasteiger partial charge in [-0.25, -0.2) is 0 Å². The molecule has 3 aromatic rings. The third-order valence-electron chi connectivity index (χ3n) is 5.88. The van der Waals surface area contributed by atoms with Crippen molar-refractivity contribution < 1.29 is 4.79 Å². The number of likely N-dealkylation sites (tertiary alicyclic amines) is 1. The van der Waals surface area contributed by atoms with Gasteiger partial charge < -0.3 is 5.32 Å². The van der Waals surface area contributed by atoms with Crippen molar-refractivity contribution in [3.8, 4) is 0 Å². The number of hydrogen-bond acceptors (Lipinski definition) is 3. The molecule has 0 bridgehead atoms. The number of aromatic nitrogens is 2. The van der Waals surface area contributed by atoms with Crippen molar-refractivity contribution in [1.29, 1.82) is 0 Å². The molecule has 1 aliphatic heterocycles. The van der Waals surface area contributed by atoms with Crippen LogP contribution in [-0.4, -0.2) is 33.7 Å². The lowest BCUT2D eigenvalue weighted by Crippen LogP contribution is -2.32. The van der Waals surface area contributed by atoms with Gasteiger partial charge in [0.1, 0.15) is 0 Å². The number of hydrogen-bond donors (Lipinski definition) is 1. The van der Waals surface area contributed by atoms with Crippen molar-refractivity contribution >= 4 is 5.91 Å². The molecule has 0 spiro atoms. The summed E-state index contributed by atoms with van der Waals surface area (Å²) in [5, 5.41) is 7.23. The SMILES string of the molecule is CC1CCN(Cc2ccc(CNC(=O)c3ccc(Cn4cccn4)cc3)cc2)CC1. The number of carbonyl (C=O) groups is 1. The highest BCUT2D eigenvalue weighted by Gasteiger charge is 2.15. The standard InChI is InChI=1S/C25H30N4O/c1-20-11-15-28(16-12-20)18-22-5-3-21(4-6-22)17-26-25(30)24-9-7-23(8-10-24)19-29-14-2-13-27-29/h2-10,13-14,20H,11-12,15-19H2,1H3,(H,26,30). The Morgan fingerprint density at radius 1 is 0.967 bits per heavy atom. The van der Waals surface area contributed by atoms with Gasteiger partial charge in [0.2, 0.25) is 0 Å². The molecule has 1 aliphatic rings. The van der Waals surface area contributed by atoms with Gasteiger partial charge in [0.25, 0.3) is 5.91 Å². The summed E-state index contributed by atoms with van der Waals surface area (Å²) in [4.78, 5) is 15.0. The van der Waals surface area contributed by atoms with Crippen molar-refractivity contribution in [3.63, 3.8) is 0 Å². The van der Waals surface area contributed by atoms with Gasteiger partial charge in [0.05, 0.1) is 6.54 Å². The molecule has 30 heavy (non-hydrogen) atoms. The van der Waals surface area contributed by atoms with Gasteiger partial charge >= 0.3 is 0 Å². The molecular formula is C25H30N4O. The summed E-state index contributed by atoms with van der Waals surface area (Å²) < 4.78 is 1.87. The van der Waals surface area contributed by atoms with Gasteiger partial charge in [0.15, 0.2) is 0 Å². The smallest absolute Gasteiger partial charge is 0.251 e. The fourth-order valence-electron chi connectivity index (χ4n) is 3.87. The Balaban J connectivity index is 1.25. The maximum Gasteiger partial charge on any atom is 0.251 e. The monoisotopic (exact) mass is 402 g/mol. The molecule has 1 fully saturated rings. The van der Waals surface area contributed by atoms with Gasteiger partial charge in [-0.2, -0.15) is 5.10 Å². The van der Waals surface area contributed by atoms with Crippen molar-refractivity contribution in [3.05, 3.63) is 89.2 Å². The number of rotatable bonds is 7. The Morgan fingerprint density at radius 2 is 1.60 bits per heavy atom. The Morgan fingerprint density at radius 3 is 2.27 bits per heavy atom. The summed E-state index contributed by atoms with van der Waals surface area (Å²) >= 11 is 0. The molecule has 0 atom stereocenters. The lowest BCUT2D eigenvalue weighted by molar-refractivity contribution is 0.0951. The van der Waals surface area contributed by atoms with Crippen molar-refractivity contribution in [2.24, 2.45) is 5.92 Å². The predicted octanol–water partition coefficient (Wildman–Crippen LogP) is 4.09. The van der Waals surface area contributed by atoms with Gasteiger partial charge in [-0.15, -0.1) is 0 Å². The van der Waals surface area contributed by atoms with Crippen molar-refractivity contribution in [2.45, 2.75) is 39.4 Å². The normalized spacial score (nSPS) is 15.2. The van der Waals surface area contributed by atoms with E-state index in [-0.39, 0.29) is 5.91 Å². The second-order valence-electron chi connectivity index (χ2n) is 8.36. The van der Waals surface area contributed by atoms with Crippen LogP contribution in [0.3, 0.4) is 0 Å². The first kappa shape index (κ1) is 20.4. The van der Waals surface area contributed by atoms with E-state index in [1.54, 1.807) is 6.20 Å². The Hall–Kier alpha value is -2.92. The predicted molar refractivity (Wildman–Crippen MR) is 119 cm³/mol. The number of nitrogens with zero attached hydrogens (tertiary/aromatic N) is 3. The summed E-state index contributed by atoms with van der Waals surface area (Å²) in [6.45, 7) is 6.99. The minimum atomic E-state index is -0.0489. The Kier molecular flexibility index (Phi) is 6.60. The van der Waals surface area contributed by atoms with Crippen LogP contribution in [0.5, 0.6) is 0 Å². The van der Waals surface area contributed by atoms with Crippen molar-refractivity contribution in [1.82, 2.24) is 20.0 Å². The zero-order valence-electron chi connectivity index (χ0n) is 17.6. The molecule has 0 radical (unpaired) electrons. The third kappa shape index (κ3) is 5.57. The highest BCUT2D eigenvalue weighted by molar-refractivity contribution is 5.94. The molecular weight excluding hydrogens is 372 g/mol. The van der Waals surface area contributed by atoms with Gasteiger partial charge in [-0.1, -0.05) is 43.3 Å². The summed E-state index contributed by atoms with van der Waals surface area (Å²) in [5.74, 6) is 0.812. The van der Waals surface area contributed by atoms with E-state index in [2.05, 4.69) is 46.5 Å². The third-order valence-corrected chi connectivity index (χ3v) is 5.88. The average molecular weight is 403 g/mol. The number of carbonyl (C=O) groups excluding carboxylic acids is 1. The molecule has 2 heterocycles. The summed E-state index contributed by atoms with van der Waals surface area (Å²) in [6, 6.07) is 18.2. The highest BCUT2D eigenvalue weighted by Crippen LogP contribution is 2.18. The number of piperidine rings is 1. The molecule has 1 amide bonds. The van der Waals surface area contributed by atoms with E-state index in [0.29, 0.717) is 18.7 Å². The van der Waals surface area contributed by atoms with E-state index < -0.39 is 0 Å². The van der Waals surface area contributed by atoms with Crippen LogP contribution in [0.4, 0.5) is 0 Å². The maximum absolute atomic E-state index is 12.5. The molecule has 4 rings (SSSR count). The zero-order valence-corrected chi connectivity index (χ0v) is 17.6. The quantitative estimate of drug-likeness (QED) is 0.647. The molecule has 5 nitrogen and oxygen atoms in total. The second-order valence-corrected chi connectivity index (χ2v) is 8.36. The topological polar surface area (TPSA) is 50.2 Å². The fraction of sp³-hybridized carbons (Fsp3) is 0.360. The first-order chi connectivity index (χ1) is 14.7. The largest absolute Gasteiger partial charge is 0.348 e. The van der Waals surface area contributed by atoms with E-state index >= 15 is 0 Å². The van der Waals surface area contributed by atoms with Crippen LogP contribution in [0, 0.1) is 5.92 Å². The van der Waals surface area contributed by atoms with Crippen LogP contribution in [0.25, 0.3) is 0 Å². The van der Waals surface area contributed by atoms with E-state index in [1.165, 1.54) is 31.5 Å². The lowest BCUT2D eigenvalue weighted by atomic mass is 9.99. The van der Waals surface area contributed by atoms with Crippen LogP contribution < -0.4 is 5.32 Å². The first-order valence-electron chi connectivity index (χ1n) is 10.8. The van der Waals surface area contributed by atoms with Crippen molar-refractivity contribution in [2.75, 3.05) is 13.1 Å². The van der Waals surface area contributed by atoms with E-state index in [4.69, 9.17) is 0 Å². The van der Waals surface area contributed by atoms with Crippen LogP contribution in [0.15, 0.2) is 67.0 Å². The van der Waals surface area contributed by atoms with Gasteiger partial charge in [-0.05, 0) is 66.7 Å². The first-order valence-corrected chi connectivity index (χ1v) is 10.8. The zero-order chi connectivity index (χ0) is 20.8. The molecule has 0 unspecified atom stereocenters. The minimum Gasteiger partial charge on any atom is -0.348 e. The fourth-order valence-corrected chi connectivity index (χ4v) is 3.87. The molecule has 5 heteroatoms. The summed E-state index contributed by atoms with van der Waals surface area (Å²) in [6.07, 6.45) is 6.30.